The summed E-state index contributed by atoms with van der Waals surface area (Å²) in [5.74, 6) is -2.54. The summed E-state index contributed by atoms with van der Waals surface area (Å²) in [5, 5.41) is 1.17. The minimum atomic E-state index is -2.54. The molecular formula is C13H12Cl2F2O. The van der Waals surface area contributed by atoms with E-state index in [1.54, 1.807) is 18.2 Å². The Balaban J connectivity index is 1.80. The molecule has 1 aliphatic carbocycles. The molecule has 1 aromatic rings. The van der Waals surface area contributed by atoms with Crippen molar-refractivity contribution >= 4 is 23.2 Å². The highest BCUT2D eigenvalue weighted by atomic mass is 35.5. The van der Waals surface area contributed by atoms with Gasteiger partial charge in [0.25, 0.3) is 0 Å². The van der Waals surface area contributed by atoms with Crippen molar-refractivity contribution in [3.05, 3.63) is 33.8 Å². The Kier molecular flexibility index (Phi) is 2.85. The normalized spacial score (nSPS) is 28.3. The first-order valence-electron chi connectivity index (χ1n) is 5.93. The number of hydrogen-bond acceptors (Lipinski definition) is 1. The fraction of sp³-hybridized carbons (Fsp3) is 0.538. The first-order chi connectivity index (χ1) is 8.42. The third-order valence-corrected chi connectivity index (χ3v) is 4.42. The zero-order valence-corrected chi connectivity index (χ0v) is 11.1. The smallest absolute Gasteiger partial charge is 0.248 e. The average molecular weight is 293 g/mol. The summed E-state index contributed by atoms with van der Waals surface area (Å²) < 4.78 is 32.0. The minimum Gasteiger partial charge on any atom is -0.361 e. The van der Waals surface area contributed by atoms with Crippen LogP contribution in [0.25, 0.3) is 0 Å². The SMILES string of the molecule is FC1(F)CCC2(CC1)OC2c1cc(Cl)ccc1Cl. The molecule has 1 heterocycles. The molecule has 18 heavy (non-hydrogen) atoms. The highest BCUT2D eigenvalue weighted by Crippen LogP contribution is 2.60. The van der Waals surface area contributed by atoms with Crippen LogP contribution in [-0.2, 0) is 4.74 Å². The zero-order valence-electron chi connectivity index (χ0n) is 9.56. The molecule has 98 valence electrons. The van der Waals surface area contributed by atoms with Gasteiger partial charge in [0.05, 0.1) is 5.60 Å². The van der Waals surface area contributed by atoms with Gasteiger partial charge in [0.1, 0.15) is 6.10 Å². The van der Waals surface area contributed by atoms with Crippen molar-refractivity contribution in [3.8, 4) is 0 Å². The summed E-state index contributed by atoms with van der Waals surface area (Å²) in [6.45, 7) is 0. The van der Waals surface area contributed by atoms with E-state index in [-0.39, 0.29) is 18.9 Å². The molecule has 1 spiro atoms. The Hall–Kier alpha value is -0.380. The van der Waals surface area contributed by atoms with Crippen molar-refractivity contribution in [2.24, 2.45) is 0 Å². The lowest BCUT2D eigenvalue weighted by Gasteiger charge is -2.26. The third kappa shape index (κ3) is 2.13. The van der Waals surface area contributed by atoms with Gasteiger partial charge in [-0.2, -0.15) is 0 Å². The lowest BCUT2D eigenvalue weighted by Crippen LogP contribution is -2.30. The minimum absolute atomic E-state index is 0.109. The van der Waals surface area contributed by atoms with Crippen LogP contribution in [0.3, 0.4) is 0 Å². The maximum atomic E-state index is 13.1. The molecule has 0 bridgehead atoms. The molecule has 1 saturated heterocycles. The maximum Gasteiger partial charge on any atom is 0.248 e. The molecule has 1 atom stereocenters. The first-order valence-corrected chi connectivity index (χ1v) is 6.68. The van der Waals surface area contributed by atoms with Gasteiger partial charge in [0.2, 0.25) is 5.92 Å². The van der Waals surface area contributed by atoms with Gasteiger partial charge in [-0.05, 0) is 31.0 Å². The molecule has 1 nitrogen and oxygen atoms in total. The lowest BCUT2D eigenvalue weighted by molar-refractivity contribution is -0.0508. The molecule has 5 heteroatoms. The summed E-state index contributed by atoms with van der Waals surface area (Å²) in [5.41, 5.74) is 0.380. The van der Waals surface area contributed by atoms with Crippen molar-refractivity contribution in [1.82, 2.24) is 0 Å². The van der Waals surface area contributed by atoms with Gasteiger partial charge in [-0.3, -0.25) is 0 Å². The van der Waals surface area contributed by atoms with Crippen LogP contribution in [0.4, 0.5) is 8.78 Å². The number of hydrogen-bond donors (Lipinski definition) is 0. The molecule has 0 radical (unpaired) electrons. The van der Waals surface area contributed by atoms with E-state index in [0.29, 0.717) is 22.9 Å². The second-order valence-corrected chi connectivity index (χ2v) is 5.93. The summed E-state index contributed by atoms with van der Waals surface area (Å²) in [4.78, 5) is 0. The molecule has 1 unspecified atom stereocenters. The van der Waals surface area contributed by atoms with E-state index in [1.165, 1.54) is 0 Å². The van der Waals surface area contributed by atoms with Crippen molar-refractivity contribution in [2.75, 3.05) is 0 Å². The highest BCUT2D eigenvalue weighted by Gasteiger charge is 2.61. The van der Waals surface area contributed by atoms with Crippen LogP contribution in [-0.4, -0.2) is 11.5 Å². The monoisotopic (exact) mass is 292 g/mol. The molecule has 1 saturated carbocycles. The Morgan fingerprint density at radius 2 is 1.78 bits per heavy atom. The van der Waals surface area contributed by atoms with Gasteiger partial charge in [0, 0.05) is 28.5 Å². The quantitative estimate of drug-likeness (QED) is 0.663. The summed E-state index contributed by atoms with van der Waals surface area (Å²) in [7, 11) is 0. The van der Waals surface area contributed by atoms with Crippen LogP contribution in [0.2, 0.25) is 10.0 Å². The molecule has 2 aliphatic rings. The number of halogens is 4. The molecule has 0 amide bonds. The van der Waals surface area contributed by atoms with Crippen molar-refractivity contribution in [1.29, 1.82) is 0 Å². The van der Waals surface area contributed by atoms with E-state index in [2.05, 4.69) is 0 Å². The van der Waals surface area contributed by atoms with Crippen LogP contribution in [0, 0.1) is 0 Å². The van der Waals surface area contributed by atoms with Gasteiger partial charge in [-0.1, -0.05) is 23.2 Å². The predicted molar refractivity (Wildman–Crippen MR) is 66.4 cm³/mol. The molecule has 0 aromatic heterocycles. The number of benzene rings is 1. The predicted octanol–water partition coefficient (Wildman–Crippen LogP) is 5.01. The van der Waals surface area contributed by atoms with Gasteiger partial charge in [-0.15, -0.1) is 0 Å². The molecule has 0 N–H and O–H groups in total. The molecule has 2 fully saturated rings. The first kappa shape index (κ1) is 12.6. The van der Waals surface area contributed by atoms with Crippen molar-refractivity contribution in [3.63, 3.8) is 0 Å². The van der Waals surface area contributed by atoms with Gasteiger partial charge in [-0.25, -0.2) is 8.78 Å². The Morgan fingerprint density at radius 1 is 1.11 bits per heavy atom. The van der Waals surface area contributed by atoms with Crippen LogP contribution in [0.1, 0.15) is 37.4 Å². The second kappa shape index (κ2) is 4.06. The van der Waals surface area contributed by atoms with E-state index < -0.39 is 11.5 Å². The number of ether oxygens (including phenoxy) is 1. The second-order valence-electron chi connectivity index (χ2n) is 5.08. The fourth-order valence-corrected chi connectivity index (χ4v) is 3.08. The van der Waals surface area contributed by atoms with Crippen molar-refractivity contribution in [2.45, 2.75) is 43.3 Å². The van der Waals surface area contributed by atoms with Gasteiger partial charge >= 0.3 is 0 Å². The Bertz CT molecular complexity index is 480. The molecule has 1 aromatic carbocycles. The fourth-order valence-electron chi connectivity index (χ4n) is 2.68. The Morgan fingerprint density at radius 3 is 2.44 bits per heavy atom. The number of alkyl halides is 2. The average Bonchev–Trinajstić information content (AvgIpc) is 3.02. The van der Waals surface area contributed by atoms with E-state index in [4.69, 9.17) is 27.9 Å². The maximum absolute atomic E-state index is 13.1. The van der Waals surface area contributed by atoms with Crippen LogP contribution in [0.5, 0.6) is 0 Å². The number of epoxide rings is 1. The van der Waals surface area contributed by atoms with E-state index in [0.717, 1.165) is 5.56 Å². The topological polar surface area (TPSA) is 12.5 Å². The standard InChI is InChI=1S/C13H12Cl2F2O/c14-8-1-2-10(15)9(7-8)11-12(18-11)3-5-13(16,17)6-4-12/h1-2,7,11H,3-6H2. The summed E-state index contributed by atoms with van der Waals surface area (Å²) in [6.07, 6.45) is 0.365. The van der Waals surface area contributed by atoms with Gasteiger partial charge < -0.3 is 4.74 Å². The molecular weight excluding hydrogens is 281 g/mol. The third-order valence-electron chi connectivity index (χ3n) is 3.84. The van der Waals surface area contributed by atoms with E-state index >= 15 is 0 Å². The van der Waals surface area contributed by atoms with Crippen LogP contribution >= 0.6 is 23.2 Å². The van der Waals surface area contributed by atoms with E-state index in [9.17, 15) is 8.78 Å². The van der Waals surface area contributed by atoms with E-state index in [1.807, 2.05) is 0 Å². The largest absolute Gasteiger partial charge is 0.361 e. The number of rotatable bonds is 1. The molecule has 1 aliphatic heterocycles. The van der Waals surface area contributed by atoms with Crippen LogP contribution < -0.4 is 0 Å². The summed E-state index contributed by atoms with van der Waals surface area (Å²) >= 11 is 12.0. The van der Waals surface area contributed by atoms with Crippen molar-refractivity contribution < 1.29 is 13.5 Å². The highest BCUT2D eigenvalue weighted by molar-refractivity contribution is 6.33. The molecule has 3 rings (SSSR count). The lowest BCUT2D eigenvalue weighted by atomic mass is 9.82. The summed E-state index contributed by atoms with van der Waals surface area (Å²) in [6, 6.07) is 5.18. The zero-order chi connectivity index (χ0) is 13.0. The van der Waals surface area contributed by atoms with Gasteiger partial charge in [0.15, 0.2) is 0 Å². The van der Waals surface area contributed by atoms with Crippen LogP contribution in [0.15, 0.2) is 18.2 Å². The Labute approximate surface area is 114 Å².